The zero-order valence-electron chi connectivity index (χ0n) is 22.5. The molecule has 192 valence electrons. The number of anilines is 1. The number of hydrogen-bond acceptors (Lipinski definition) is 3. The van der Waals surface area contributed by atoms with Gasteiger partial charge in [0.15, 0.2) is 0 Å². The normalized spacial score (nSPS) is 16.5. The van der Waals surface area contributed by atoms with E-state index in [4.69, 9.17) is 4.74 Å². The van der Waals surface area contributed by atoms with E-state index in [0.29, 0.717) is 13.0 Å². The van der Waals surface area contributed by atoms with Crippen molar-refractivity contribution in [3.63, 3.8) is 0 Å². The minimum absolute atomic E-state index is 0.100. The second-order valence-corrected chi connectivity index (χ2v) is 24.2. The van der Waals surface area contributed by atoms with Gasteiger partial charge in [-0.15, -0.1) is 0 Å². The summed E-state index contributed by atoms with van der Waals surface area (Å²) in [7, 11) is 0. The summed E-state index contributed by atoms with van der Waals surface area (Å²) < 4.78 is 11.3. The van der Waals surface area contributed by atoms with E-state index in [9.17, 15) is 9.59 Å². The molecule has 2 amide bonds. The van der Waals surface area contributed by atoms with Gasteiger partial charge in [-0.05, 0) is 0 Å². The zero-order valence-corrected chi connectivity index (χ0v) is 25.4. The molecular weight excluding hydrogens is 531 g/mol. The van der Waals surface area contributed by atoms with Crippen molar-refractivity contribution in [2.45, 2.75) is 118 Å². The van der Waals surface area contributed by atoms with E-state index in [0.717, 1.165) is 12.1 Å². The molecule has 6 heteroatoms. The fourth-order valence-electron chi connectivity index (χ4n) is 5.08. The van der Waals surface area contributed by atoms with E-state index in [1.54, 1.807) is 8.48 Å². The zero-order chi connectivity index (χ0) is 25.2. The van der Waals surface area contributed by atoms with E-state index < -0.39 is 36.1 Å². The maximum absolute atomic E-state index is 13.2. The molecule has 0 aliphatic carbocycles. The summed E-state index contributed by atoms with van der Waals surface area (Å²) in [4.78, 5) is 27.5. The van der Waals surface area contributed by atoms with Crippen LogP contribution >= 0.6 is 0 Å². The molecular formula is C28H48N2O3Sn. The molecule has 0 radical (unpaired) electrons. The second-order valence-electron chi connectivity index (χ2n) is 11.0. The number of rotatable bonds is 12. The van der Waals surface area contributed by atoms with Gasteiger partial charge in [0.25, 0.3) is 0 Å². The van der Waals surface area contributed by atoms with Crippen LogP contribution in [0.5, 0.6) is 0 Å². The van der Waals surface area contributed by atoms with E-state index in [-0.39, 0.29) is 5.91 Å². The third kappa shape index (κ3) is 8.46. The van der Waals surface area contributed by atoms with E-state index in [1.165, 1.54) is 51.8 Å². The van der Waals surface area contributed by atoms with Gasteiger partial charge >= 0.3 is 213 Å². The summed E-state index contributed by atoms with van der Waals surface area (Å²) in [6.07, 6.45) is 8.78. The van der Waals surface area contributed by atoms with Gasteiger partial charge in [0.2, 0.25) is 0 Å². The second kappa shape index (κ2) is 13.7. The number of carbonyl (C=O) groups is 2. The van der Waals surface area contributed by atoms with Crippen molar-refractivity contribution >= 4 is 39.6 Å². The minimum atomic E-state index is -2.57. The van der Waals surface area contributed by atoms with Gasteiger partial charge in [-0.1, -0.05) is 0 Å². The predicted molar refractivity (Wildman–Crippen MR) is 146 cm³/mol. The molecule has 34 heavy (non-hydrogen) atoms. The number of amides is 2. The van der Waals surface area contributed by atoms with Crippen LogP contribution in [0.4, 0.5) is 10.5 Å². The summed E-state index contributed by atoms with van der Waals surface area (Å²) in [5.41, 5.74) is 0.310. The molecule has 1 N–H and O–H groups in total. The van der Waals surface area contributed by atoms with Crippen molar-refractivity contribution < 1.29 is 14.3 Å². The van der Waals surface area contributed by atoms with E-state index >= 15 is 0 Å². The summed E-state index contributed by atoms with van der Waals surface area (Å²) in [6.45, 7) is 13.0. The number of ether oxygens (including phenoxy) is 1. The number of benzene rings is 1. The fraction of sp³-hybridized carbons (Fsp3) is 0.714. The number of nitrogens with zero attached hydrogens (tertiary/aromatic N) is 1. The van der Waals surface area contributed by atoms with Gasteiger partial charge in [-0.2, -0.15) is 0 Å². The molecule has 2 rings (SSSR count). The van der Waals surface area contributed by atoms with Gasteiger partial charge < -0.3 is 0 Å². The van der Waals surface area contributed by atoms with Crippen LogP contribution in [-0.2, 0) is 9.53 Å². The monoisotopic (exact) mass is 580 g/mol. The van der Waals surface area contributed by atoms with Crippen molar-refractivity contribution in [3.8, 4) is 0 Å². The average molecular weight is 579 g/mol. The fourth-order valence-corrected chi connectivity index (χ4v) is 21.1. The van der Waals surface area contributed by atoms with Crippen molar-refractivity contribution in [1.82, 2.24) is 4.90 Å². The van der Waals surface area contributed by atoms with Gasteiger partial charge in [0, 0.05) is 0 Å². The third-order valence-corrected chi connectivity index (χ3v) is 22.6. The third-order valence-electron chi connectivity index (χ3n) is 6.95. The van der Waals surface area contributed by atoms with E-state index in [1.807, 2.05) is 26.8 Å². The van der Waals surface area contributed by atoms with Gasteiger partial charge in [-0.3, -0.25) is 0 Å². The van der Waals surface area contributed by atoms with Crippen LogP contribution in [0, 0.1) is 0 Å². The van der Waals surface area contributed by atoms with Crippen molar-refractivity contribution in [3.05, 3.63) is 24.3 Å². The van der Waals surface area contributed by atoms with Gasteiger partial charge in [0.1, 0.15) is 0 Å². The molecule has 0 bridgehead atoms. The molecule has 0 saturated carbocycles. The Labute approximate surface area is 212 Å². The molecule has 0 unspecified atom stereocenters. The molecule has 1 saturated heterocycles. The van der Waals surface area contributed by atoms with Crippen LogP contribution in [0.2, 0.25) is 13.3 Å². The Kier molecular flexibility index (Phi) is 11.7. The number of nitrogens with one attached hydrogen (secondary N) is 1. The molecule has 1 aliphatic rings. The Morgan fingerprint density at radius 3 is 2.15 bits per heavy atom. The SMILES string of the molecule is CCC[CH2][Sn]([CH2]CCC)([CH2]CCC)[c]1cccc(NC(=O)[C@@H]2CCCN2C(=O)OC(C)(C)C)c1. The Morgan fingerprint density at radius 1 is 1.03 bits per heavy atom. The first-order valence-electron chi connectivity index (χ1n) is 13.6. The molecule has 0 aromatic heterocycles. The average Bonchev–Trinajstić information content (AvgIpc) is 3.28. The number of unbranched alkanes of at least 4 members (excludes halogenated alkanes) is 3. The topological polar surface area (TPSA) is 58.6 Å². The Hall–Kier alpha value is -1.24. The molecule has 0 spiro atoms. The molecule has 1 atom stereocenters. The number of carbonyl (C=O) groups excluding carboxylic acids is 2. The van der Waals surface area contributed by atoms with E-state index in [2.05, 4.69) is 44.3 Å². The quantitative estimate of drug-likeness (QED) is 0.269. The Balaban J connectivity index is 2.23. The van der Waals surface area contributed by atoms with Crippen LogP contribution in [0.25, 0.3) is 0 Å². The molecule has 1 aliphatic heterocycles. The van der Waals surface area contributed by atoms with Crippen LogP contribution < -0.4 is 8.90 Å². The van der Waals surface area contributed by atoms with Crippen LogP contribution in [0.3, 0.4) is 0 Å². The summed E-state index contributed by atoms with van der Waals surface area (Å²) >= 11 is -2.57. The molecule has 1 fully saturated rings. The Morgan fingerprint density at radius 2 is 1.62 bits per heavy atom. The molecule has 1 aromatic rings. The first-order valence-corrected chi connectivity index (χ1v) is 21.0. The summed E-state index contributed by atoms with van der Waals surface area (Å²) in [5.74, 6) is -0.100. The van der Waals surface area contributed by atoms with Crippen LogP contribution in [0.15, 0.2) is 24.3 Å². The van der Waals surface area contributed by atoms with Crippen molar-refractivity contribution in [2.24, 2.45) is 0 Å². The maximum atomic E-state index is 13.2. The number of hydrogen-bond donors (Lipinski definition) is 1. The Bertz CT molecular complexity index is 768. The molecule has 1 aromatic carbocycles. The van der Waals surface area contributed by atoms with Crippen LogP contribution in [-0.4, -0.2) is 53.5 Å². The first-order chi connectivity index (χ1) is 16.2. The van der Waals surface area contributed by atoms with Crippen LogP contribution in [0.1, 0.15) is 92.9 Å². The standard InChI is InChI=1S/C16H21N2O3.3C4H9.Sn/c1-16(2,3)21-15(20)18-11-7-10-13(18)14(19)17-12-8-5-4-6-9-12;3*1-3-4-2;/h4-5,8-9,13H,7,10-11H2,1-3H3,(H,17,19);3*1,3-4H2,2H3;/t13-;;;;/m0..../s1. The van der Waals surface area contributed by atoms with Crippen molar-refractivity contribution in [2.75, 3.05) is 11.9 Å². The van der Waals surface area contributed by atoms with Crippen molar-refractivity contribution in [1.29, 1.82) is 0 Å². The predicted octanol–water partition coefficient (Wildman–Crippen LogP) is 7.08. The molecule has 5 nitrogen and oxygen atoms in total. The number of likely N-dealkylation sites (tertiary alicyclic amines) is 1. The first kappa shape index (κ1) is 29.0. The summed E-state index contributed by atoms with van der Waals surface area (Å²) in [6, 6.07) is 8.29. The van der Waals surface area contributed by atoms with Gasteiger partial charge in [0.05, 0.1) is 0 Å². The molecule has 1 heterocycles. The van der Waals surface area contributed by atoms with Gasteiger partial charge in [-0.25, -0.2) is 0 Å². The summed E-state index contributed by atoms with van der Waals surface area (Å²) in [5, 5.41) is 3.16.